The van der Waals surface area contributed by atoms with Crippen LogP contribution in [0.25, 0.3) is 22.4 Å². The second-order valence-corrected chi connectivity index (χ2v) is 8.90. The van der Waals surface area contributed by atoms with Gasteiger partial charge in [0.05, 0.1) is 25.1 Å². The average molecular weight is 467 g/mol. The second kappa shape index (κ2) is 9.83. The van der Waals surface area contributed by atoms with Gasteiger partial charge in [-0.1, -0.05) is 24.3 Å². The van der Waals surface area contributed by atoms with Gasteiger partial charge in [0.2, 0.25) is 0 Å². The highest BCUT2D eigenvalue weighted by molar-refractivity contribution is 7.86. The Balaban J connectivity index is 1.66. The molecule has 1 N–H and O–H groups in total. The largest absolute Gasteiger partial charge is 0.497 e. The van der Waals surface area contributed by atoms with Crippen LogP contribution < -0.4 is 10.1 Å². The minimum absolute atomic E-state index is 0.0515. The van der Waals surface area contributed by atoms with Gasteiger partial charge in [-0.25, -0.2) is 0 Å². The summed E-state index contributed by atoms with van der Waals surface area (Å²) in [6.07, 6.45) is 5.38. The van der Waals surface area contributed by atoms with Crippen LogP contribution in [0.2, 0.25) is 0 Å². The van der Waals surface area contributed by atoms with Crippen LogP contribution in [0.4, 0.5) is 9.57 Å². The van der Waals surface area contributed by atoms with E-state index >= 15 is 0 Å². The van der Waals surface area contributed by atoms with Gasteiger partial charge in [-0.2, -0.15) is 13.5 Å². The topological polar surface area (TPSA) is 86.1 Å². The maximum absolute atomic E-state index is 13.0. The van der Waals surface area contributed by atoms with Crippen LogP contribution in [0.5, 0.6) is 5.75 Å². The lowest BCUT2D eigenvalue weighted by atomic mass is 10.00. The summed E-state index contributed by atoms with van der Waals surface area (Å²) in [4.78, 5) is 4.13. The van der Waals surface area contributed by atoms with Crippen LogP contribution in [-0.4, -0.2) is 42.6 Å². The number of ether oxygens (including phenoxy) is 1. The number of methoxy groups -OCH3 is 1. The first-order chi connectivity index (χ1) is 15.9. The molecule has 0 aliphatic rings. The van der Waals surface area contributed by atoms with E-state index in [0.717, 1.165) is 28.0 Å². The van der Waals surface area contributed by atoms with Crippen molar-refractivity contribution in [3.8, 4) is 28.1 Å². The Labute approximate surface area is 192 Å². The molecule has 0 aliphatic heterocycles. The molecule has 0 saturated carbocycles. The standard InChI is InChI=1S/C24H23FN4O3S/c1-32-21-7-4-19(5-8-21)20-6-9-23(27-12-14-33(25,30)31)22(15-20)24-10-13-29(28-24)17-18-3-2-11-26-16-18/h2-11,13,15-16,27H,12,14,17H2,1H3. The Morgan fingerprint density at radius 2 is 1.85 bits per heavy atom. The molecule has 4 rings (SSSR count). The van der Waals surface area contributed by atoms with E-state index in [4.69, 9.17) is 9.84 Å². The van der Waals surface area contributed by atoms with Crippen molar-refractivity contribution < 1.29 is 17.0 Å². The number of hydrogen-bond acceptors (Lipinski definition) is 6. The quantitative estimate of drug-likeness (QED) is 0.369. The molecule has 0 bridgehead atoms. The Hall–Kier alpha value is -3.72. The highest BCUT2D eigenvalue weighted by Crippen LogP contribution is 2.33. The monoisotopic (exact) mass is 466 g/mol. The van der Waals surface area contributed by atoms with Crippen molar-refractivity contribution in [2.24, 2.45) is 0 Å². The molecule has 2 aromatic heterocycles. The molecular weight excluding hydrogens is 443 g/mol. The third-order valence-corrected chi connectivity index (χ3v) is 5.78. The van der Waals surface area contributed by atoms with Crippen molar-refractivity contribution in [2.75, 3.05) is 24.7 Å². The summed E-state index contributed by atoms with van der Waals surface area (Å²) >= 11 is 0. The minimum Gasteiger partial charge on any atom is -0.497 e. The van der Waals surface area contributed by atoms with Crippen molar-refractivity contribution in [2.45, 2.75) is 6.54 Å². The summed E-state index contributed by atoms with van der Waals surface area (Å²) in [5.41, 5.74) is 5.13. The molecule has 2 heterocycles. The zero-order valence-electron chi connectivity index (χ0n) is 18.0. The normalized spacial score (nSPS) is 11.3. The van der Waals surface area contributed by atoms with E-state index in [2.05, 4.69) is 10.3 Å². The van der Waals surface area contributed by atoms with Crippen molar-refractivity contribution in [3.05, 3.63) is 84.8 Å². The van der Waals surface area contributed by atoms with Gasteiger partial charge < -0.3 is 10.1 Å². The summed E-state index contributed by atoms with van der Waals surface area (Å²) in [7, 11) is -2.94. The lowest BCUT2D eigenvalue weighted by molar-refractivity contribution is 0.415. The van der Waals surface area contributed by atoms with Crippen molar-refractivity contribution in [1.29, 1.82) is 0 Å². The van der Waals surface area contributed by atoms with E-state index in [9.17, 15) is 12.3 Å². The van der Waals surface area contributed by atoms with Gasteiger partial charge in [-0.15, -0.1) is 3.89 Å². The van der Waals surface area contributed by atoms with Crippen LogP contribution in [0.1, 0.15) is 5.56 Å². The third-order valence-electron chi connectivity index (χ3n) is 5.09. The SMILES string of the molecule is COc1ccc(-c2ccc(NCCS(=O)(=O)F)c(-c3ccn(Cc4cccnc4)n3)c2)cc1. The Bertz CT molecular complexity index is 1320. The van der Waals surface area contributed by atoms with Gasteiger partial charge in [0, 0.05) is 36.4 Å². The van der Waals surface area contributed by atoms with E-state index in [1.807, 2.05) is 71.5 Å². The zero-order valence-corrected chi connectivity index (χ0v) is 18.8. The molecule has 0 aliphatic carbocycles. The molecule has 170 valence electrons. The number of nitrogens with one attached hydrogen (secondary N) is 1. The van der Waals surface area contributed by atoms with E-state index in [-0.39, 0.29) is 6.54 Å². The molecule has 7 nitrogen and oxygen atoms in total. The predicted molar refractivity (Wildman–Crippen MR) is 126 cm³/mol. The second-order valence-electron chi connectivity index (χ2n) is 7.42. The molecule has 2 aromatic carbocycles. The fourth-order valence-corrected chi connectivity index (χ4v) is 3.80. The van der Waals surface area contributed by atoms with Gasteiger partial charge in [0.15, 0.2) is 0 Å². The van der Waals surface area contributed by atoms with Gasteiger partial charge >= 0.3 is 10.2 Å². The predicted octanol–water partition coefficient (Wildman–Crippen LogP) is 4.38. The van der Waals surface area contributed by atoms with Gasteiger partial charge in [0.1, 0.15) is 5.75 Å². The summed E-state index contributed by atoms with van der Waals surface area (Å²) < 4.78 is 41.8. The number of halogens is 1. The van der Waals surface area contributed by atoms with Gasteiger partial charge in [0.25, 0.3) is 0 Å². The molecule has 0 fully saturated rings. The van der Waals surface area contributed by atoms with E-state index in [1.165, 1.54) is 0 Å². The molecule has 0 spiro atoms. The Kier molecular flexibility index (Phi) is 6.69. The first kappa shape index (κ1) is 22.5. The molecule has 33 heavy (non-hydrogen) atoms. The molecule has 0 saturated heterocycles. The fourth-order valence-electron chi connectivity index (χ4n) is 3.45. The van der Waals surface area contributed by atoms with Crippen LogP contribution in [0.3, 0.4) is 0 Å². The van der Waals surface area contributed by atoms with Crippen LogP contribution in [0.15, 0.2) is 79.3 Å². The molecule has 0 amide bonds. The van der Waals surface area contributed by atoms with Gasteiger partial charge in [-0.05, 0) is 53.1 Å². The smallest absolute Gasteiger partial charge is 0.304 e. The maximum Gasteiger partial charge on any atom is 0.304 e. The number of pyridine rings is 1. The molecule has 0 unspecified atom stereocenters. The van der Waals surface area contributed by atoms with Crippen LogP contribution in [-0.2, 0) is 16.8 Å². The summed E-state index contributed by atoms with van der Waals surface area (Å²) in [5.74, 6) is 0.154. The molecule has 0 atom stereocenters. The van der Waals surface area contributed by atoms with E-state index in [0.29, 0.717) is 17.9 Å². The number of aromatic nitrogens is 3. The molecule has 4 aromatic rings. The van der Waals surface area contributed by atoms with Crippen LogP contribution in [0, 0.1) is 0 Å². The van der Waals surface area contributed by atoms with Crippen molar-refractivity contribution >= 4 is 15.9 Å². The number of anilines is 1. The first-order valence-electron chi connectivity index (χ1n) is 10.3. The first-order valence-corrected chi connectivity index (χ1v) is 11.8. The van der Waals surface area contributed by atoms with E-state index in [1.54, 1.807) is 19.5 Å². The van der Waals surface area contributed by atoms with Crippen molar-refractivity contribution in [1.82, 2.24) is 14.8 Å². The summed E-state index contributed by atoms with van der Waals surface area (Å²) in [6, 6.07) is 19.2. The van der Waals surface area contributed by atoms with Crippen molar-refractivity contribution in [3.63, 3.8) is 0 Å². The number of nitrogens with zero attached hydrogens (tertiary/aromatic N) is 3. The number of rotatable bonds is 9. The Morgan fingerprint density at radius 1 is 1.06 bits per heavy atom. The molecule has 0 radical (unpaired) electrons. The van der Waals surface area contributed by atoms with Gasteiger partial charge in [-0.3, -0.25) is 9.67 Å². The number of benzene rings is 2. The maximum atomic E-state index is 13.0. The minimum atomic E-state index is -4.56. The lowest BCUT2D eigenvalue weighted by Gasteiger charge is -2.13. The Morgan fingerprint density at radius 3 is 2.55 bits per heavy atom. The summed E-state index contributed by atoms with van der Waals surface area (Å²) in [5, 5.41) is 7.72. The highest BCUT2D eigenvalue weighted by Gasteiger charge is 2.13. The third kappa shape index (κ3) is 5.95. The summed E-state index contributed by atoms with van der Waals surface area (Å²) in [6.45, 7) is 0.513. The lowest BCUT2D eigenvalue weighted by Crippen LogP contribution is -2.12. The average Bonchev–Trinajstić information content (AvgIpc) is 3.27. The van der Waals surface area contributed by atoms with E-state index < -0.39 is 16.0 Å². The van der Waals surface area contributed by atoms with Crippen LogP contribution >= 0.6 is 0 Å². The zero-order chi connectivity index (χ0) is 23.3. The molecular formula is C24H23FN4O3S. The molecule has 9 heteroatoms. The number of hydrogen-bond donors (Lipinski definition) is 1. The fraction of sp³-hybridized carbons (Fsp3) is 0.167. The highest BCUT2D eigenvalue weighted by atomic mass is 32.3.